The van der Waals surface area contributed by atoms with Crippen LogP contribution in [0, 0.1) is 0 Å². The van der Waals surface area contributed by atoms with Gasteiger partial charge < -0.3 is 5.32 Å². The molecule has 6 heteroatoms. The maximum absolute atomic E-state index is 12.4. The van der Waals surface area contributed by atoms with Gasteiger partial charge in [-0.25, -0.2) is 13.1 Å². The number of rotatable bonds is 7. The zero-order chi connectivity index (χ0) is 19.1. The van der Waals surface area contributed by atoms with Crippen LogP contribution in [0.5, 0.6) is 0 Å². The molecule has 0 fully saturated rings. The van der Waals surface area contributed by atoms with Crippen molar-refractivity contribution in [2.24, 2.45) is 0 Å². The number of hydrogen-bond acceptors (Lipinski definition) is 3. The van der Waals surface area contributed by atoms with Crippen molar-refractivity contribution in [2.75, 3.05) is 0 Å². The fourth-order valence-electron chi connectivity index (χ4n) is 2.52. The number of amides is 1. The second kappa shape index (κ2) is 8.62. The molecule has 0 atom stereocenters. The molecule has 0 saturated carbocycles. The predicted molar refractivity (Wildman–Crippen MR) is 105 cm³/mol. The molecule has 0 aromatic heterocycles. The predicted octanol–water partition coefficient (Wildman–Crippen LogP) is 3.10. The highest BCUT2D eigenvalue weighted by molar-refractivity contribution is 7.89. The van der Waals surface area contributed by atoms with E-state index in [1.807, 2.05) is 60.7 Å². The van der Waals surface area contributed by atoms with E-state index in [9.17, 15) is 13.2 Å². The summed E-state index contributed by atoms with van der Waals surface area (Å²) >= 11 is 0. The average molecular weight is 380 g/mol. The van der Waals surface area contributed by atoms with Gasteiger partial charge in [0, 0.05) is 18.7 Å². The van der Waals surface area contributed by atoms with Gasteiger partial charge in [-0.1, -0.05) is 60.7 Å². The molecule has 3 rings (SSSR count). The summed E-state index contributed by atoms with van der Waals surface area (Å²) in [6.07, 6.45) is 0. The van der Waals surface area contributed by atoms with Crippen LogP contribution in [0.15, 0.2) is 89.8 Å². The van der Waals surface area contributed by atoms with Gasteiger partial charge in [0.05, 0.1) is 4.90 Å². The monoisotopic (exact) mass is 380 g/mol. The number of carbonyl (C=O) groups excluding carboxylic acids is 1. The fourth-order valence-corrected chi connectivity index (χ4v) is 3.54. The molecular formula is C21H20N2O3S. The van der Waals surface area contributed by atoms with E-state index in [0.29, 0.717) is 12.1 Å². The van der Waals surface area contributed by atoms with Crippen molar-refractivity contribution in [3.8, 4) is 0 Å². The van der Waals surface area contributed by atoms with Crippen LogP contribution in [0.4, 0.5) is 0 Å². The fraction of sp³-hybridized carbons (Fsp3) is 0.0952. The first-order valence-corrected chi connectivity index (χ1v) is 9.99. The molecule has 0 aliphatic heterocycles. The summed E-state index contributed by atoms with van der Waals surface area (Å²) in [6, 6.07) is 24.8. The summed E-state index contributed by atoms with van der Waals surface area (Å²) in [5, 5.41) is 2.82. The van der Waals surface area contributed by atoms with Crippen LogP contribution < -0.4 is 10.0 Å². The summed E-state index contributed by atoms with van der Waals surface area (Å²) in [4.78, 5) is 12.3. The Labute approximate surface area is 159 Å². The van der Waals surface area contributed by atoms with E-state index in [2.05, 4.69) is 10.0 Å². The Kier molecular flexibility index (Phi) is 6.01. The summed E-state index contributed by atoms with van der Waals surface area (Å²) in [5.41, 5.74) is 2.28. The molecule has 0 radical (unpaired) electrons. The largest absolute Gasteiger partial charge is 0.348 e. The molecule has 3 aromatic rings. The highest BCUT2D eigenvalue weighted by Gasteiger charge is 2.14. The summed E-state index contributed by atoms with van der Waals surface area (Å²) in [5.74, 6) is -0.250. The Morgan fingerprint density at radius 1 is 0.704 bits per heavy atom. The second-order valence-corrected chi connectivity index (χ2v) is 7.77. The van der Waals surface area contributed by atoms with E-state index in [1.54, 1.807) is 0 Å². The lowest BCUT2D eigenvalue weighted by molar-refractivity contribution is 0.0951. The van der Waals surface area contributed by atoms with Gasteiger partial charge >= 0.3 is 0 Å². The first-order valence-electron chi connectivity index (χ1n) is 8.50. The van der Waals surface area contributed by atoms with Gasteiger partial charge in [0.15, 0.2) is 0 Å². The van der Waals surface area contributed by atoms with Gasteiger partial charge in [-0.2, -0.15) is 0 Å². The van der Waals surface area contributed by atoms with Crippen LogP contribution in [0.25, 0.3) is 0 Å². The molecule has 0 aliphatic carbocycles. The zero-order valence-corrected chi connectivity index (χ0v) is 15.4. The van der Waals surface area contributed by atoms with Crippen LogP contribution in [-0.2, 0) is 23.1 Å². The van der Waals surface area contributed by atoms with E-state index in [0.717, 1.165) is 11.1 Å². The van der Waals surface area contributed by atoms with Crippen molar-refractivity contribution < 1.29 is 13.2 Å². The minimum Gasteiger partial charge on any atom is -0.348 e. The highest BCUT2D eigenvalue weighted by Crippen LogP contribution is 2.12. The van der Waals surface area contributed by atoms with Crippen molar-refractivity contribution >= 4 is 15.9 Å². The lowest BCUT2D eigenvalue weighted by Crippen LogP contribution is -2.24. The van der Waals surface area contributed by atoms with Crippen molar-refractivity contribution in [2.45, 2.75) is 18.0 Å². The van der Waals surface area contributed by atoms with Crippen LogP contribution >= 0.6 is 0 Å². The Balaban J connectivity index is 1.61. The molecule has 0 saturated heterocycles. The molecule has 27 heavy (non-hydrogen) atoms. The first-order chi connectivity index (χ1) is 13.0. The molecule has 138 valence electrons. The van der Waals surface area contributed by atoms with Gasteiger partial charge in [0.2, 0.25) is 10.0 Å². The zero-order valence-electron chi connectivity index (χ0n) is 14.6. The van der Waals surface area contributed by atoms with Crippen molar-refractivity contribution in [1.82, 2.24) is 10.0 Å². The lowest BCUT2D eigenvalue weighted by Gasteiger charge is -2.08. The van der Waals surface area contributed by atoms with Gasteiger partial charge in [0.25, 0.3) is 5.91 Å². The molecule has 5 nitrogen and oxygen atoms in total. The molecule has 2 N–H and O–H groups in total. The van der Waals surface area contributed by atoms with Gasteiger partial charge in [-0.3, -0.25) is 4.79 Å². The Hall–Kier alpha value is -2.96. The van der Waals surface area contributed by atoms with Crippen LogP contribution in [0.1, 0.15) is 21.5 Å². The number of benzene rings is 3. The summed E-state index contributed by atoms with van der Waals surface area (Å²) in [7, 11) is -3.64. The van der Waals surface area contributed by atoms with E-state index >= 15 is 0 Å². The number of carbonyl (C=O) groups is 1. The van der Waals surface area contributed by atoms with E-state index < -0.39 is 10.0 Å². The lowest BCUT2D eigenvalue weighted by atomic mass is 10.2. The van der Waals surface area contributed by atoms with Crippen LogP contribution in [0.2, 0.25) is 0 Å². The topological polar surface area (TPSA) is 75.3 Å². The molecule has 0 spiro atoms. The quantitative estimate of drug-likeness (QED) is 0.661. The SMILES string of the molecule is O=C(NCc1ccccc1)c1ccc(S(=O)(=O)NCc2ccccc2)cc1. The van der Waals surface area contributed by atoms with Crippen molar-refractivity contribution in [3.05, 3.63) is 102 Å². The van der Waals surface area contributed by atoms with E-state index in [4.69, 9.17) is 0 Å². The highest BCUT2D eigenvalue weighted by atomic mass is 32.2. The molecule has 3 aromatic carbocycles. The smallest absolute Gasteiger partial charge is 0.251 e. The van der Waals surface area contributed by atoms with E-state index in [1.165, 1.54) is 24.3 Å². The molecule has 0 heterocycles. The molecule has 0 unspecified atom stereocenters. The molecule has 0 bridgehead atoms. The maximum Gasteiger partial charge on any atom is 0.251 e. The Morgan fingerprint density at radius 2 is 1.22 bits per heavy atom. The minimum atomic E-state index is -3.64. The standard InChI is InChI=1S/C21H20N2O3S/c24-21(22-15-17-7-3-1-4-8-17)19-11-13-20(14-12-19)27(25,26)23-16-18-9-5-2-6-10-18/h1-14,23H,15-16H2,(H,22,24). The van der Waals surface area contributed by atoms with Crippen molar-refractivity contribution in [3.63, 3.8) is 0 Å². The number of nitrogens with one attached hydrogen (secondary N) is 2. The second-order valence-electron chi connectivity index (χ2n) is 6.00. The van der Waals surface area contributed by atoms with E-state index in [-0.39, 0.29) is 17.3 Å². The summed E-state index contributed by atoms with van der Waals surface area (Å²) < 4.78 is 27.3. The third kappa shape index (κ3) is 5.26. The maximum atomic E-state index is 12.4. The van der Waals surface area contributed by atoms with Crippen LogP contribution in [-0.4, -0.2) is 14.3 Å². The third-order valence-corrected chi connectivity index (χ3v) is 5.45. The average Bonchev–Trinajstić information content (AvgIpc) is 2.72. The van der Waals surface area contributed by atoms with Crippen LogP contribution in [0.3, 0.4) is 0 Å². The number of sulfonamides is 1. The minimum absolute atomic E-state index is 0.123. The molecular weight excluding hydrogens is 360 g/mol. The molecule has 1 amide bonds. The third-order valence-electron chi connectivity index (χ3n) is 4.03. The summed E-state index contributed by atoms with van der Waals surface area (Å²) in [6.45, 7) is 0.626. The molecule has 0 aliphatic rings. The number of hydrogen-bond donors (Lipinski definition) is 2. The van der Waals surface area contributed by atoms with Gasteiger partial charge in [-0.15, -0.1) is 0 Å². The Morgan fingerprint density at radius 3 is 1.78 bits per heavy atom. The first kappa shape index (κ1) is 18.8. The van der Waals surface area contributed by atoms with Gasteiger partial charge in [-0.05, 0) is 35.4 Å². The Bertz CT molecular complexity index is 987. The van der Waals surface area contributed by atoms with Crippen molar-refractivity contribution in [1.29, 1.82) is 0 Å². The normalized spacial score (nSPS) is 11.1. The van der Waals surface area contributed by atoms with Gasteiger partial charge in [0.1, 0.15) is 0 Å².